The van der Waals surface area contributed by atoms with Gasteiger partial charge in [-0.25, -0.2) is 4.79 Å². The van der Waals surface area contributed by atoms with Gasteiger partial charge in [-0.3, -0.25) is 0 Å². The van der Waals surface area contributed by atoms with E-state index >= 15 is 0 Å². The fourth-order valence-electron chi connectivity index (χ4n) is 3.20. The molecule has 0 spiro atoms. The van der Waals surface area contributed by atoms with Crippen molar-refractivity contribution in [3.05, 3.63) is 60.4 Å². The van der Waals surface area contributed by atoms with Crippen molar-refractivity contribution in [1.82, 2.24) is 4.90 Å². The van der Waals surface area contributed by atoms with E-state index in [9.17, 15) is 9.90 Å². The third kappa shape index (κ3) is 4.64. The minimum absolute atomic E-state index is 0.0644. The first-order valence-corrected chi connectivity index (χ1v) is 9.14. The lowest BCUT2D eigenvalue weighted by atomic mass is 9.93. The van der Waals surface area contributed by atoms with Gasteiger partial charge < -0.3 is 14.7 Å². The van der Waals surface area contributed by atoms with Crippen molar-refractivity contribution in [2.75, 3.05) is 0 Å². The molecule has 0 aliphatic heterocycles. The largest absolute Gasteiger partial charge is 0.418 e. The Morgan fingerprint density at radius 3 is 2.27 bits per heavy atom. The molecule has 0 radical (unpaired) electrons. The number of ether oxygens (including phenoxy) is 1. The van der Waals surface area contributed by atoms with Crippen LogP contribution < -0.4 is 0 Å². The summed E-state index contributed by atoms with van der Waals surface area (Å²) in [5.41, 5.74) is 0.873. The number of hydrogen-bond donors (Lipinski definition) is 1. The number of aliphatic hydroxyl groups excluding tert-OH is 1. The van der Waals surface area contributed by atoms with Crippen molar-refractivity contribution in [1.29, 1.82) is 0 Å². The van der Waals surface area contributed by atoms with Gasteiger partial charge in [0.1, 0.15) is 0 Å². The van der Waals surface area contributed by atoms with Gasteiger partial charge in [-0.05, 0) is 50.1 Å². The Morgan fingerprint density at radius 1 is 1.00 bits per heavy atom. The first kappa shape index (κ1) is 20.0. The van der Waals surface area contributed by atoms with E-state index in [1.54, 1.807) is 11.0 Å². The second kappa shape index (κ2) is 8.86. The van der Waals surface area contributed by atoms with E-state index in [0.29, 0.717) is 0 Å². The topological polar surface area (TPSA) is 49.8 Å². The zero-order valence-electron chi connectivity index (χ0n) is 16.2. The Hall–Kier alpha value is -2.33. The molecule has 0 saturated carbocycles. The molecular weight excluding hydrogens is 326 g/mol. The van der Waals surface area contributed by atoms with Gasteiger partial charge in [0.2, 0.25) is 0 Å². The van der Waals surface area contributed by atoms with Gasteiger partial charge in [0.15, 0.2) is 0 Å². The van der Waals surface area contributed by atoms with E-state index in [1.807, 2.05) is 77.1 Å². The van der Waals surface area contributed by atoms with Crippen LogP contribution in [-0.2, 0) is 4.74 Å². The minimum Gasteiger partial charge on any atom is -0.418 e. The SMILES string of the molecule is CC(C)N(C(=O)O/C=C\[C@H](C)[C@H](O)c1cccc2ccccc12)C(C)C. The number of carbonyl (C=O) groups is 1. The Balaban J connectivity index is 2.08. The number of aliphatic hydroxyl groups is 1. The molecule has 2 aromatic carbocycles. The van der Waals surface area contributed by atoms with Gasteiger partial charge in [0, 0.05) is 18.0 Å². The number of benzene rings is 2. The molecule has 0 fully saturated rings. The van der Waals surface area contributed by atoms with Crippen molar-refractivity contribution in [3.8, 4) is 0 Å². The molecule has 2 atom stereocenters. The summed E-state index contributed by atoms with van der Waals surface area (Å²) in [4.78, 5) is 13.9. The van der Waals surface area contributed by atoms with Gasteiger partial charge in [-0.15, -0.1) is 0 Å². The summed E-state index contributed by atoms with van der Waals surface area (Å²) in [5.74, 6) is -0.194. The van der Waals surface area contributed by atoms with Gasteiger partial charge in [0.25, 0.3) is 0 Å². The zero-order valence-corrected chi connectivity index (χ0v) is 16.2. The number of carbonyl (C=O) groups excluding carboxylic acids is 1. The van der Waals surface area contributed by atoms with Gasteiger partial charge >= 0.3 is 6.09 Å². The second-order valence-corrected chi connectivity index (χ2v) is 7.18. The van der Waals surface area contributed by atoms with E-state index in [1.165, 1.54) is 6.26 Å². The van der Waals surface area contributed by atoms with Crippen molar-refractivity contribution < 1.29 is 14.6 Å². The van der Waals surface area contributed by atoms with Crippen LogP contribution in [0.5, 0.6) is 0 Å². The summed E-state index contributed by atoms with van der Waals surface area (Å²) in [6, 6.07) is 14.0. The fraction of sp³-hybridized carbons (Fsp3) is 0.409. The summed E-state index contributed by atoms with van der Waals surface area (Å²) < 4.78 is 5.27. The van der Waals surface area contributed by atoms with Crippen LogP contribution in [0.2, 0.25) is 0 Å². The molecule has 0 heterocycles. The highest BCUT2D eigenvalue weighted by Crippen LogP contribution is 2.29. The van der Waals surface area contributed by atoms with Crippen LogP contribution in [0, 0.1) is 5.92 Å². The van der Waals surface area contributed by atoms with E-state index in [4.69, 9.17) is 4.74 Å². The van der Waals surface area contributed by atoms with E-state index in [-0.39, 0.29) is 24.1 Å². The van der Waals surface area contributed by atoms with Gasteiger partial charge in [-0.1, -0.05) is 49.4 Å². The molecule has 0 aliphatic rings. The number of hydrogen-bond acceptors (Lipinski definition) is 3. The molecule has 0 aromatic heterocycles. The van der Waals surface area contributed by atoms with Crippen molar-refractivity contribution in [2.24, 2.45) is 5.92 Å². The molecule has 2 rings (SSSR count). The summed E-state index contributed by atoms with van der Waals surface area (Å²) in [5, 5.41) is 12.9. The van der Waals surface area contributed by atoms with E-state index in [2.05, 4.69) is 0 Å². The van der Waals surface area contributed by atoms with Gasteiger partial charge in [0.05, 0.1) is 12.4 Å². The highest BCUT2D eigenvalue weighted by Gasteiger charge is 2.21. The van der Waals surface area contributed by atoms with Crippen LogP contribution in [0.15, 0.2) is 54.8 Å². The molecule has 4 heteroatoms. The normalized spacial score (nSPS) is 14.2. The summed E-state index contributed by atoms with van der Waals surface area (Å²) >= 11 is 0. The first-order chi connectivity index (χ1) is 12.3. The Morgan fingerprint density at radius 2 is 1.62 bits per heavy atom. The molecule has 26 heavy (non-hydrogen) atoms. The van der Waals surface area contributed by atoms with E-state index < -0.39 is 6.10 Å². The summed E-state index contributed by atoms with van der Waals surface area (Å²) in [6.07, 6.45) is 2.06. The van der Waals surface area contributed by atoms with Crippen LogP contribution >= 0.6 is 0 Å². The maximum absolute atomic E-state index is 12.2. The molecular formula is C22H29NO3. The highest BCUT2D eigenvalue weighted by atomic mass is 16.5. The first-order valence-electron chi connectivity index (χ1n) is 9.14. The Kier molecular flexibility index (Phi) is 6.81. The predicted molar refractivity (Wildman–Crippen MR) is 106 cm³/mol. The molecule has 140 valence electrons. The third-order valence-corrected chi connectivity index (χ3v) is 4.51. The van der Waals surface area contributed by atoms with Crippen LogP contribution in [0.4, 0.5) is 4.79 Å². The maximum atomic E-state index is 12.2. The smallest absolute Gasteiger partial charge is 0.415 e. The summed E-state index contributed by atoms with van der Waals surface area (Å²) in [7, 11) is 0. The third-order valence-electron chi connectivity index (χ3n) is 4.51. The molecule has 0 saturated heterocycles. The summed E-state index contributed by atoms with van der Waals surface area (Å²) in [6.45, 7) is 9.73. The zero-order chi connectivity index (χ0) is 19.3. The monoisotopic (exact) mass is 355 g/mol. The molecule has 2 aromatic rings. The van der Waals surface area contributed by atoms with Crippen LogP contribution in [0.1, 0.15) is 46.3 Å². The lowest BCUT2D eigenvalue weighted by Gasteiger charge is -2.29. The molecule has 1 N–H and O–H groups in total. The average molecular weight is 355 g/mol. The number of nitrogens with zero attached hydrogens (tertiary/aromatic N) is 1. The van der Waals surface area contributed by atoms with Crippen LogP contribution in [-0.4, -0.2) is 28.2 Å². The van der Waals surface area contributed by atoms with Crippen molar-refractivity contribution in [3.63, 3.8) is 0 Å². The maximum Gasteiger partial charge on any atom is 0.415 e. The standard InChI is InChI=1S/C22H29NO3/c1-15(2)23(16(3)4)22(25)26-14-13-17(5)21(24)20-12-8-10-18-9-6-7-11-19(18)20/h6-17,21,24H,1-5H3/b14-13-/t17-,21-/m0/s1. The second-order valence-electron chi connectivity index (χ2n) is 7.18. The van der Waals surface area contributed by atoms with Crippen LogP contribution in [0.25, 0.3) is 10.8 Å². The predicted octanol–water partition coefficient (Wildman–Crippen LogP) is 5.28. The molecule has 0 aliphatic carbocycles. The van der Waals surface area contributed by atoms with Gasteiger partial charge in [-0.2, -0.15) is 0 Å². The number of amides is 1. The average Bonchev–Trinajstić information content (AvgIpc) is 2.59. The van der Waals surface area contributed by atoms with E-state index in [0.717, 1.165) is 16.3 Å². The Bertz CT molecular complexity index is 754. The Labute approximate surface area is 156 Å². The van der Waals surface area contributed by atoms with Crippen LogP contribution in [0.3, 0.4) is 0 Å². The molecule has 1 amide bonds. The lowest BCUT2D eigenvalue weighted by Crippen LogP contribution is -2.41. The fourth-order valence-corrected chi connectivity index (χ4v) is 3.20. The minimum atomic E-state index is -0.678. The highest BCUT2D eigenvalue weighted by molar-refractivity contribution is 5.86. The number of fused-ring (bicyclic) bond motifs is 1. The molecule has 4 nitrogen and oxygen atoms in total. The lowest BCUT2D eigenvalue weighted by molar-refractivity contribution is 0.107. The quantitative estimate of drug-likeness (QED) is 0.717. The number of rotatable bonds is 6. The van der Waals surface area contributed by atoms with Crippen molar-refractivity contribution in [2.45, 2.75) is 52.8 Å². The van der Waals surface area contributed by atoms with Crippen molar-refractivity contribution >= 4 is 16.9 Å². The molecule has 0 bridgehead atoms. The molecule has 0 unspecified atom stereocenters.